The molecule has 3 atom stereocenters. The van der Waals surface area contributed by atoms with E-state index < -0.39 is 0 Å². The van der Waals surface area contributed by atoms with Crippen LogP contribution in [0, 0.1) is 19.8 Å². The van der Waals surface area contributed by atoms with Gasteiger partial charge in [0, 0.05) is 24.2 Å². The molecule has 172 valence electrons. The smallest absolute Gasteiger partial charge is 0.274 e. The first-order chi connectivity index (χ1) is 15.9. The molecule has 0 bridgehead atoms. The Balaban J connectivity index is 1.36. The summed E-state index contributed by atoms with van der Waals surface area (Å²) in [6.45, 7) is 6.80. The van der Waals surface area contributed by atoms with Crippen molar-refractivity contribution in [2.24, 2.45) is 5.92 Å². The lowest BCUT2D eigenvalue weighted by Crippen LogP contribution is -2.45. The Morgan fingerprint density at radius 3 is 2.82 bits per heavy atom. The molecule has 1 saturated carbocycles. The van der Waals surface area contributed by atoms with E-state index in [1.807, 2.05) is 49.9 Å². The van der Waals surface area contributed by atoms with E-state index in [1.165, 1.54) is 11.3 Å². The van der Waals surface area contributed by atoms with Gasteiger partial charge in [-0.05, 0) is 63.3 Å². The molecule has 2 fully saturated rings. The van der Waals surface area contributed by atoms with Gasteiger partial charge in [-0.1, -0.05) is 23.7 Å². The Kier molecular flexibility index (Phi) is 5.74. The van der Waals surface area contributed by atoms with Crippen molar-refractivity contribution in [1.82, 2.24) is 25.0 Å². The van der Waals surface area contributed by atoms with Crippen LogP contribution >= 0.6 is 22.9 Å². The highest BCUT2D eigenvalue weighted by Gasteiger charge is 2.54. The Bertz CT molecular complexity index is 1240. The van der Waals surface area contributed by atoms with E-state index in [9.17, 15) is 9.59 Å². The summed E-state index contributed by atoms with van der Waals surface area (Å²) in [6.07, 6.45) is 1.92. The Morgan fingerprint density at radius 1 is 1.24 bits per heavy atom. The van der Waals surface area contributed by atoms with Gasteiger partial charge in [-0.3, -0.25) is 14.3 Å². The van der Waals surface area contributed by atoms with E-state index in [4.69, 9.17) is 11.6 Å². The molecule has 0 radical (unpaired) electrons. The minimum atomic E-state index is -0.158. The van der Waals surface area contributed by atoms with Crippen LogP contribution in [-0.4, -0.2) is 50.1 Å². The zero-order chi connectivity index (χ0) is 23.3. The molecular formula is C24H26ClN5O2S. The number of benzene rings is 1. The van der Waals surface area contributed by atoms with E-state index in [0.29, 0.717) is 35.4 Å². The van der Waals surface area contributed by atoms with Crippen molar-refractivity contribution in [2.75, 3.05) is 6.54 Å². The maximum Gasteiger partial charge on any atom is 0.274 e. The number of rotatable bonds is 6. The first-order valence-corrected chi connectivity index (χ1v) is 12.4. The minimum Gasteiger partial charge on any atom is -0.349 e. The molecule has 33 heavy (non-hydrogen) atoms. The molecule has 0 unspecified atom stereocenters. The standard InChI is InChI=1S/C24H26ClN5O2S/c1-4-29-20(8-13(2)28-29)23(31)26-12-18-10-16-11-19(16)30(18)24(32)21-22(33-14(3)27-21)15-6-5-7-17(25)9-15/h5-9,16,18-19H,4,10-12H2,1-3H3,(H,26,31)/t16-,18+,19+/m1/s1. The first kappa shape index (κ1) is 22.1. The van der Waals surface area contributed by atoms with Crippen molar-refractivity contribution in [1.29, 1.82) is 0 Å². The number of carbonyl (C=O) groups excluding carboxylic acids is 2. The van der Waals surface area contributed by atoms with Crippen LogP contribution in [0.25, 0.3) is 10.4 Å². The zero-order valence-electron chi connectivity index (χ0n) is 18.8. The van der Waals surface area contributed by atoms with E-state index in [-0.39, 0.29) is 23.9 Å². The number of aromatic nitrogens is 3. The largest absolute Gasteiger partial charge is 0.349 e. The molecule has 3 heterocycles. The van der Waals surface area contributed by atoms with Crippen molar-refractivity contribution >= 4 is 34.8 Å². The maximum absolute atomic E-state index is 13.7. The van der Waals surface area contributed by atoms with Gasteiger partial charge in [0.25, 0.3) is 11.8 Å². The summed E-state index contributed by atoms with van der Waals surface area (Å²) in [5.41, 5.74) is 2.74. The predicted octanol–water partition coefficient (Wildman–Crippen LogP) is 4.33. The molecule has 2 aromatic heterocycles. The highest BCUT2D eigenvalue weighted by molar-refractivity contribution is 7.15. The number of amides is 2. The van der Waals surface area contributed by atoms with Gasteiger partial charge in [-0.25, -0.2) is 4.98 Å². The third-order valence-corrected chi connectivity index (χ3v) is 7.66. The third-order valence-electron chi connectivity index (χ3n) is 6.40. The summed E-state index contributed by atoms with van der Waals surface area (Å²) in [5, 5.41) is 8.86. The normalized spacial score (nSPS) is 21.2. The minimum absolute atomic E-state index is 0.0430. The lowest BCUT2D eigenvalue weighted by molar-refractivity contribution is 0.0684. The predicted molar refractivity (Wildman–Crippen MR) is 129 cm³/mol. The Hall–Kier alpha value is -2.71. The van der Waals surface area contributed by atoms with Gasteiger partial charge >= 0.3 is 0 Å². The molecule has 5 rings (SSSR count). The van der Waals surface area contributed by atoms with Crippen molar-refractivity contribution in [3.05, 3.63) is 57.4 Å². The van der Waals surface area contributed by atoms with Crippen LogP contribution < -0.4 is 5.32 Å². The maximum atomic E-state index is 13.7. The summed E-state index contributed by atoms with van der Waals surface area (Å²) in [6, 6.07) is 9.51. The fourth-order valence-electron chi connectivity index (χ4n) is 4.85. The molecule has 1 saturated heterocycles. The number of piperidine rings is 1. The molecule has 2 aliphatic rings. The summed E-state index contributed by atoms with van der Waals surface area (Å²) in [4.78, 5) is 33.9. The van der Waals surface area contributed by atoms with Crippen molar-refractivity contribution in [2.45, 2.75) is 52.2 Å². The number of nitrogens with one attached hydrogen (secondary N) is 1. The monoisotopic (exact) mass is 483 g/mol. The molecule has 1 N–H and O–H groups in total. The van der Waals surface area contributed by atoms with Crippen LogP contribution in [-0.2, 0) is 6.54 Å². The second kappa shape index (κ2) is 8.57. The van der Waals surface area contributed by atoms with Gasteiger partial charge in [0.1, 0.15) is 11.4 Å². The number of fused-ring (bicyclic) bond motifs is 1. The second-order valence-corrected chi connectivity index (χ2v) is 10.4. The molecular weight excluding hydrogens is 458 g/mol. The average molecular weight is 484 g/mol. The average Bonchev–Trinajstić information content (AvgIpc) is 3.11. The number of likely N-dealkylation sites (tertiary alicyclic amines) is 1. The number of aryl methyl sites for hydroxylation is 3. The number of thiazole rings is 1. The van der Waals surface area contributed by atoms with E-state index in [0.717, 1.165) is 34.0 Å². The molecule has 3 aromatic rings. The molecule has 1 aliphatic carbocycles. The first-order valence-electron chi connectivity index (χ1n) is 11.2. The van der Waals surface area contributed by atoms with Crippen LogP contribution in [0.2, 0.25) is 5.02 Å². The van der Waals surface area contributed by atoms with Crippen LogP contribution in [0.5, 0.6) is 0 Å². The van der Waals surface area contributed by atoms with E-state index >= 15 is 0 Å². The quantitative estimate of drug-likeness (QED) is 0.566. The van der Waals surface area contributed by atoms with Crippen LogP contribution in [0.1, 0.15) is 51.4 Å². The van der Waals surface area contributed by atoms with Crippen LogP contribution in [0.4, 0.5) is 0 Å². The van der Waals surface area contributed by atoms with Crippen molar-refractivity contribution in [3.63, 3.8) is 0 Å². The van der Waals surface area contributed by atoms with Crippen molar-refractivity contribution in [3.8, 4) is 10.4 Å². The second-order valence-electron chi connectivity index (χ2n) is 8.78. The van der Waals surface area contributed by atoms with Gasteiger partial charge < -0.3 is 10.2 Å². The summed E-state index contributed by atoms with van der Waals surface area (Å²) < 4.78 is 1.70. The van der Waals surface area contributed by atoms with Gasteiger partial charge in [0.15, 0.2) is 0 Å². The Morgan fingerprint density at radius 2 is 2.06 bits per heavy atom. The van der Waals surface area contributed by atoms with E-state index in [1.54, 1.807) is 10.7 Å². The zero-order valence-corrected chi connectivity index (χ0v) is 20.4. The van der Waals surface area contributed by atoms with Crippen molar-refractivity contribution < 1.29 is 9.59 Å². The molecule has 1 aromatic carbocycles. The third kappa shape index (κ3) is 4.17. The van der Waals surface area contributed by atoms with Crippen LogP contribution in [0.3, 0.4) is 0 Å². The van der Waals surface area contributed by atoms with E-state index in [2.05, 4.69) is 15.4 Å². The summed E-state index contributed by atoms with van der Waals surface area (Å²) >= 11 is 7.71. The molecule has 9 heteroatoms. The van der Waals surface area contributed by atoms with Gasteiger partial charge in [0.05, 0.1) is 21.6 Å². The molecule has 2 amide bonds. The summed E-state index contributed by atoms with van der Waals surface area (Å²) in [7, 11) is 0. The number of hydrogen-bond donors (Lipinski definition) is 1. The summed E-state index contributed by atoms with van der Waals surface area (Å²) in [5.74, 6) is 0.288. The fraction of sp³-hybridized carbons (Fsp3) is 0.417. The topological polar surface area (TPSA) is 80.1 Å². The number of nitrogens with zero attached hydrogens (tertiary/aromatic N) is 4. The van der Waals surface area contributed by atoms with Gasteiger partial charge in [-0.2, -0.15) is 5.10 Å². The van der Waals surface area contributed by atoms with Crippen LogP contribution in [0.15, 0.2) is 30.3 Å². The lowest BCUT2D eigenvalue weighted by Gasteiger charge is -2.27. The highest BCUT2D eigenvalue weighted by Crippen LogP contribution is 2.48. The lowest BCUT2D eigenvalue weighted by atomic mass is 10.1. The van der Waals surface area contributed by atoms with Gasteiger partial charge in [0.2, 0.25) is 0 Å². The number of hydrogen-bond acceptors (Lipinski definition) is 5. The SMILES string of the molecule is CCn1nc(C)cc1C(=O)NC[C@@H]1C[C@@H]2C[C@@H]2N1C(=O)c1nc(C)sc1-c1cccc(Cl)c1. The Labute approximate surface area is 201 Å². The van der Waals surface area contributed by atoms with Gasteiger partial charge in [-0.15, -0.1) is 11.3 Å². The molecule has 0 spiro atoms. The molecule has 1 aliphatic heterocycles. The highest BCUT2D eigenvalue weighted by atomic mass is 35.5. The molecule has 7 nitrogen and oxygen atoms in total. The number of halogens is 1. The number of carbonyl (C=O) groups is 2. The fourth-order valence-corrected chi connectivity index (χ4v) is 5.94.